The smallest absolute Gasteiger partial charge is 0.379 e. The first kappa shape index (κ1) is 16.0. The van der Waals surface area contributed by atoms with Crippen molar-refractivity contribution in [2.24, 2.45) is 0 Å². The van der Waals surface area contributed by atoms with Crippen LogP contribution in [0.15, 0.2) is 48.6 Å². The highest BCUT2D eigenvalue weighted by atomic mass is 31.2. The average molecular weight is 296 g/mol. The summed E-state index contributed by atoms with van der Waals surface area (Å²) >= 11 is 0. The predicted molar refractivity (Wildman–Crippen MR) is 72.6 cm³/mol. The topological polar surface area (TPSA) is 101 Å². The molecule has 0 radical (unpaired) electrons. The fourth-order valence-corrected chi connectivity index (χ4v) is 1.44. The first-order valence-corrected chi connectivity index (χ1v) is 7.34. The zero-order chi connectivity index (χ0) is 15.0. The predicted octanol–water partition coefficient (Wildman–Crippen LogP) is 1.50. The van der Waals surface area contributed by atoms with Gasteiger partial charge in [0.2, 0.25) is 0 Å². The van der Waals surface area contributed by atoms with Crippen molar-refractivity contribution in [1.29, 1.82) is 0 Å². The van der Waals surface area contributed by atoms with Crippen molar-refractivity contribution < 1.29 is 28.7 Å². The normalized spacial score (nSPS) is 11.9. The Balaban J connectivity index is 2.45. The van der Waals surface area contributed by atoms with Gasteiger partial charge in [-0.15, -0.1) is 0 Å². The zero-order valence-electron chi connectivity index (χ0n) is 10.4. The van der Waals surface area contributed by atoms with E-state index in [1.54, 1.807) is 12.2 Å². The van der Waals surface area contributed by atoms with Gasteiger partial charge in [-0.05, 0) is 11.6 Å². The Morgan fingerprint density at radius 3 is 2.40 bits per heavy atom. The van der Waals surface area contributed by atoms with Gasteiger partial charge in [0.25, 0.3) is 5.78 Å². The SMILES string of the molecule is O=C(/C=C/C=C/c1ccccc1)C(=O)OCP(=O)(O)O. The van der Waals surface area contributed by atoms with E-state index in [2.05, 4.69) is 4.74 Å². The Morgan fingerprint density at radius 2 is 1.80 bits per heavy atom. The van der Waals surface area contributed by atoms with Crippen molar-refractivity contribution in [2.45, 2.75) is 0 Å². The van der Waals surface area contributed by atoms with Gasteiger partial charge in [0.05, 0.1) is 0 Å². The fourth-order valence-electron chi connectivity index (χ4n) is 1.16. The van der Waals surface area contributed by atoms with Gasteiger partial charge in [-0.3, -0.25) is 9.36 Å². The molecule has 0 aromatic heterocycles. The maximum atomic E-state index is 11.2. The molecule has 1 aromatic carbocycles. The van der Waals surface area contributed by atoms with Crippen LogP contribution in [0.2, 0.25) is 0 Å². The molecule has 0 heterocycles. The lowest BCUT2D eigenvalue weighted by Crippen LogP contribution is -2.15. The van der Waals surface area contributed by atoms with Crippen LogP contribution in [0.5, 0.6) is 0 Å². The molecule has 106 valence electrons. The molecule has 1 aromatic rings. The Bertz CT molecular complexity index is 570. The zero-order valence-corrected chi connectivity index (χ0v) is 11.3. The minimum Gasteiger partial charge on any atom is -0.447 e. The van der Waals surface area contributed by atoms with Crippen LogP contribution in [0.25, 0.3) is 6.08 Å². The summed E-state index contributed by atoms with van der Waals surface area (Å²) in [5.41, 5.74) is 0.925. The van der Waals surface area contributed by atoms with Crippen LogP contribution < -0.4 is 0 Å². The van der Waals surface area contributed by atoms with E-state index in [4.69, 9.17) is 9.79 Å². The second-order valence-electron chi connectivity index (χ2n) is 3.72. The van der Waals surface area contributed by atoms with E-state index < -0.39 is 25.7 Å². The Kier molecular flexibility index (Phi) is 6.06. The van der Waals surface area contributed by atoms with Gasteiger partial charge in [-0.1, -0.05) is 48.6 Å². The lowest BCUT2D eigenvalue weighted by Gasteiger charge is -2.03. The molecule has 0 unspecified atom stereocenters. The molecule has 0 bridgehead atoms. The molecule has 0 fully saturated rings. The minimum atomic E-state index is -4.46. The number of allylic oxidation sites excluding steroid dienone is 2. The van der Waals surface area contributed by atoms with Crippen molar-refractivity contribution in [3.63, 3.8) is 0 Å². The summed E-state index contributed by atoms with van der Waals surface area (Å²) in [6.45, 7) is 0. The van der Waals surface area contributed by atoms with Crippen molar-refractivity contribution in [2.75, 3.05) is 6.35 Å². The molecule has 0 spiro atoms. The molecule has 7 heteroatoms. The molecule has 0 aliphatic heterocycles. The van der Waals surface area contributed by atoms with Gasteiger partial charge in [0.15, 0.2) is 6.35 Å². The number of carbonyl (C=O) groups excluding carboxylic acids is 2. The number of benzene rings is 1. The summed E-state index contributed by atoms with van der Waals surface area (Å²) in [4.78, 5) is 39.3. The summed E-state index contributed by atoms with van der Waals surface area (Å²) in [7, 11) is -4.46. The molecule has 2 N–H and O–H groups in total. The second kappa shape index (κ2) is 7.55. The van der Waals surface area contributed by atoms with E-state index in [9.17, 15) is 14.2 Å². The molecule has 0 atom stereocenters. The van der Waals surface area contributed by atoms with E-state index in [0.717, 1.165) is 11.6 Å². The molecule has 0 saturated heterocycles. The van der Waals surface area contributed by atoms with E-state index >= 15 is 0 Å². The number of hydrogen-bond donors (Lipinski definition) is 2. The highest BCUT2D eigenvalue weighted by Crippen LogP contribution is 2.33. The molecule has 0 saturated carbocycles. The quantitative estimate of drug-likeness (QED) is 0.271. The van der Waals surface area contributed by atoms with Gasteiger partial charge in [0, 0.05) is 0 Å². The lowest BCUT2D eigenvalue weighted by atomic mass is 10.2. The summed E-state index contributed by atoms with van der Waals surface area (Å²) in [5, 5.41) is 0. The largest absolute Gasteiger partial charge is 0.447 e. The number of carbonyl (C=O) groups is 2. The first-order chi connectivity index (χ1) is 9.38. The summed E-state index contributed by atoms with van der Waals surface area (Å²) in [6, 6.07) is 9.30. The minimum absolute atomic E-state index is 0.925. The van der Waals surface area contributed by atoms with Crippen LogP contribution in [-0.4, -0.2) is 27.9 Å². The lowest BCUT2D eigenvalue weighted by molar-refractivity contribution is -0.150. The molecule has 6 nitrogen and oxygen atoms in total. The fraction of sp³-hybridized carbons (Fsp3) is 0.0769. The van der Waals surface area contributed by atoms with E-state index in [-0.39, 0.29) is 0 Å². The Labute approximate surface area is 115 Å². The van der Waals surface area contributed by atoms with Crippen molar-refractivity contribution in [3.8, 4) is 0 Å². The first-order valence-electron chi connectivity index (χ1n) is 5.54. The van der Waals surface area contributed by atoms with Crippen LogP contribution >= 0.6 is 7.60 Å². The van der Waals surface area contributed by atoms with Crippen molar-refractivity contribution >= 4 is 25.4 Å². The maximum Gasteiger partial charge on any atom is 0.379 e. The Hall–Kier alpha value is -2.01. The standard InChI is InChI=1S/C13H13O6P/c14-12(13(15)19-10-20(16,17)18)9-5-4-8-11-6-2-1-3-7-11/h1-9H,10H2,(H2,16,17,18)/b8-4+,9-5+. The third-order valence-corrected chi connectivity index (χ3v) is 2.48. The summed E-state index contributed by atoms with van der Waals surface area (Å²) in [6.07, 6.45) is 4.48. The van der Waals surface area contributed by atoms with Crippen LogP contribution in [0, 0.1) is 0 Å². The third kappa shape index (κ3) is 6.80. The van der Waals surface area contributed by atoms with Gasteiger partial charge in [-0.2, -0.15) is 0 Å². The van der Waals surface area contributed by atoms with E-state index in [1.807, 2.05) is 30.3 Å². The molecule has 0 aliphatic rings. The van der Waals surface area contributed by atoms with E-state index in [0.29, 0.717) is 0 Å². The van der Waals surface area contributed by atoms with Gasteiger partial charge < -0.3 is 14.5 Å². The van der Waals surface area contributed by atoms with Gasteiger partial charge in [0.1, 0.15) is 0 Å². The monoisotopic (exact) mass is 296 g/mol. The number of hydrogen-bond acceptors (Lipinski definition) is 4. The molecular formula is C13H13O6P. The second-order valence-corrected chi connectivity index (χ2v) is 5.31. The van der Waals surface area contributed by atoms with Gasteiger partial charge >= 0.3 is 13.6 Å². The van der Waals surface area contributed by atoms with Crippen LogP contribution in [-0.2, 0) is 18.9 Å². The highest BCUT2D eigenvalue weighted by molar-refractivity contribution is 7.51. The number of rotatable bonds is 6. The molecular weight excluding hydrogens is 283 g/mol. The van der Waals surface area contributed by atoms with Crippen molar-refractivity contribution in [1.82, 2.24) is 0 Å². The van der Waals surface area contributed by atoms with Crippen LogP contribution in [0.4, 0.5) is 0 Å². The summed E-state index contributed by atoms with van der Waals surface area (Å²) in [5.74, 6) is -2.30. The van der Waals surface area contributed by atoms with Gasteiger partial charge in [-0.25, -0.2) is 4.79 Å². The maximum absolute atomic E-state index is 11.2. The van der Waals surface area contributed by atoms with Crippen molar-refractivity contribution in [3.05, 3.63) is 54.1 Å². The average Bonchev–Trinajstić information content (AvgIpc) is 2.41. The van der Waals surface area contributed by atoms with E-state index in [1.165, 1.54) is 6.08 Å². The third-order valence-electron chi connectivity index (χ3n) is 2.01. The molecule has 0 amide bonds. The molecule has 1 rings (SSSR count). The highest BCUT2D eigenvalue weighted by Gasteiger charge is 2.19. The number of esters is 1. The molecule has 20 heavy (non-hydrogen) atoms. The number of ether oxygens (including phenoxy) is 1. The Morgan fingerprint density at radius 1 is 1.15 bits per heavy atom. The molecule has 0 aliphatic carbocycles. The van der Waals surface area contributed by atoms with Crippen LogP contribution in [0.3, 0.4) is 0 Å². The summed E-state index contributed by atoms with van der Waals surface area (Å²) < 4.78 is 14.6. The van der Waals surface area contributed by atoms with Crippen LogP contribution in [0.1, 0.15) is 5.56 Å². The number of ketones is 1.